The Balaban J connectivity index is 1.67. The van der Waals surface area contributed by atoms with Gasteiger partial charge in [0.2, 0.25) is 5.82 Å². The van der Waals surface area contributed by atoms with Crippen LogP contribution in [-0.4, -0.2) is 25.7 Å². The number of hydrogen-bond donors (Lipinski definition) is 0. The van der Waals surface area contributed by atoms with Crippen LogP contribution < -0.4 is 0 Å². The smallest absolute Gasteiger partial charge is 0.327 e. The second kappa shape index (κ2) is 7.64. The highest BCUT2D eigenvalue weighted by molar-refractivity contribution is 6.30. The van der Waals surface area contributed by atoms with Crippen LogP contribution in [0.4, 0.5) is 13.2 Å². The van der Waals surface area contributed by atoms with Gasteiger partial charge in [0.15, 0.2) is 5.65 Å². The second-order valence-corrected chi connectivity index (χ2v) is 7.78. The predicted octanol–water partition coefficient (Wildman–Crippen LogP) is 5.39. The summed E-state index contributed by atoms with van der Waals surface area (Å²) < 4.78 is 40.7. The first-order valence-corrected chi connectivity index (χ1v) is 9.68. The van der Waals surface area contributed by atoms with Crippen molar-refractivity contribution in [3.8, 4) is 17.3 Å². The predicted molar refractivity (Wildman–Crippen MR) is 102 cm³/mol. The van der Waals surface area contributed by atoms with Crippen LogP contribution in [0.2, 0.25) is 5.02 Å². The Morgan fingerprint density at radius 3 is 2.59 bits per heavy atom. The number of nitriles is 1. The number of alkyl halides is 3. The SMILES string of the molecule is N#Cc1nc(-c2cccc(Cl)c2)c2c(ncn2C[C@H]2CC[C@H](C(F)(F)F)CC2)n1. The Labute approximate surface area is 170 Å². The Morgan fingerprint density at radius 2 is 1.93 bits per heavy atom. The molecule has 0 atom stereocenters. The number of benzene rings is 1. The molecule has 0 unspecified atom stereocenters. The van der Waals surface area contributed by atoms with Crippen molar-refractivity contribution < 1.29 is 13.2 Å². The topological polar surface area (TPSA) is 67.4 Å². The van der Waals surface area contributed by atoms with Gasteiger partial charge in [-0.3, -0.25) is 0 Å². The molecule has 0 radical (unpaired) electrons. The van der Waals surface area contributed by atoms with E-state index in [0.717, 1.165) is 5.56 Å². The quantitative estimate of drug-likeness (QED) is 0.571. The van der Waals surface area contributed by atoms with Crippen LogP contribution >= 0.6 is 11.6 Å². The highest BCUT2D eigenvalue weighted by Crippen LogP contribution is 2.40. The molecule has 2 heterocycles. The monoisotopic (exact) mass is 419 g/mol. The van der Waals surface area contributed by atoms with Gasteiger partial charge in [0.25, 0.3) is 0 Å². The third-order valence-corrected chi connectivity index (χ3v) is 5.67. The van der Waals surface area contributed by atoms with E-state index in [-0.39, 0.29) is 24.6 Å². The van der Waals surface area contributed by atoms with Gasteiger partial charge in [0.1, 0.15) is 17.3 Å². The van der Waals surface area contributed by atoms with E-state index in [1.54, 1.807) is 24.5 Å². The van der Waals surface area contributed by atoms with E-state index < -0.39 is 12.1 Å². The number of hydrogen-bond acceptors (Lipinski definition) is 4. The summed E-state index contributed by atoms with van der Waals surface area (Å²) in [5.41, 5.74) is 2.30. The largest absolute Gasteiger partial charge is 0.391 e. The standard InChI is InChI=1S/C20H17ClF3N5/c21-15-3-1-2-13(8-15)17-18-19(28-16(9-25)27-17)26-11-29(18)10-12-4-6-14(7-5-12)20(22,23)24/h1-3,8,11-12,14H,4-7,10H2/t12-,14-. The fourth-order valence-electron chi connectivity index (χ4n) is 3.96. The number of imidazole rings is 1. The molecule has 0 N–H and O–H groups in total. The van der Waals surface area contributed by atoms with Crippen LogP contribution in [0.3, 0.4) is 0 Å². The molecule has 1 aliphatic carbocycles. The first kappa shape index (κ1) is 19.6. The van der Waals surface area contributed by atoms with Crippen molar-refractivity contribution >= 4 is 22.8 Å². The number of fused-ring (bicyclic) bond motifs is 1. The van der Waals surface area contributed by atoms with Crippen molar-refractivity contribution in [3.63, 3.8) is 0 Å². The highest BCUT2D eigenvalue weighted by Gasteiger charge is 2.41. The van der Waals surface area contributed by atoms with Crippen LogP contribution in [0.1, 0.15) is 31.5 Å². The second-order valence-electron chi connectivity index (χ2n) is 7.35. The van der Waals surface area contributed by atoms with Gasteiger partial charge in [-0.2, -0.15) is 23.4 Å². The van der Waals surface area contributed by atoms with Crippen LogP contribution in [0.25, 0.3) is 22.4 Å². The Kier molecular flexibility index (Phi) is 5.17. The number of nitrogens with zero attached hydrogens (tertiary/aromatic N) is 5. The zero-order valence-electron chi connectivity index (χ0n) is 15.3. The molecular formula is C20H17ClF3N5. The summed E-state index contributed by atoms with van der Waals surface area (Å²) in [6.45, 7) is 0.532. The van der Waals surface area contributed by atoms with E-state index in [9.17, 15) is 18.4 Å². The van der Waals surface area contributed by atoms with E-state index in [4.69, 9.17) is 11.6 Å². The molecule has 4 rings (SSSR count). The third kappa shape index (κ3) is 4.06. The molecule has 0 spiro atoms. The summed E-state index contributed by atoms with van der Waals surface area (Å²) in [5, 5.41) is 9.79. The van der Waals surface area contributed by atoms with Crippen LogP contribution in [0.5, 0.6) is 0 Å². The summed E-state index contributed by atoms with van der Waals surface area (Å²) in [4.78, 5) is 12.8. The maximum Gasteiger partial charge on any atom is 0.391 e. The van der Waals surface area contributed by atoms with Crippen molar-refractivity contribution in [1.29, 1.82) is 5.26 Å². The number of halogens is 4. The third-order valence-electron chi connectivity index (χ3n) is 5.43. The normalized spacial score (nSPS) is 20.0. The average Bonchev–Trinajstić information content (AvgIpc) is 3.09. The minimum Gasteiger partial charge on any atom is -0.327 e. The van der Waals surface area contributed by atoms with Gasteiger partial charge in [0, 0.05) is 17.1 Å². The molecule has 1 saturated carbocycles. The van der Waals surface area contributed by atoms with Crippen molar-refractivity contribution in [1.82, 2.24) is 19.5 Å². The van der Waals surface area contributed by atoms with Gasteiger partial charge in [-0.25, -0.2) is 9.97 Å². The lowest BCUT2D eigenvalue weighted by Gasteiger charge is -2.30. The fraction of sp³-hybridized carbons (Fsp3) is 0.400. The molecular weight excluding hydrogens is 403 g/mol. The lowest BCUT2D eigenvalue weighted by molar-refractivity contribution is -0.184. The summed E-state index contributed by atoms with van der Waals surface area (Å²) >= 11 is 6.12. The summed E-state index contributed by atoms with van der Waals surface area (Å²) in [6, 6.07) is 9.05. The lowest BCUT2D eigenvalue weighted by Crippen LogP contribution is -2.29. The summed E-state index contributed by atoms with van der Waals surface area (Å²) in [5.74, 6) is -1.08. The molecule has 1 fully saturated rings. The minimum absolute atomic E-state index is 0.00316. The molecule has 0 aliphatic heterocycles. The lowest BCUT2D eigenvalue weighted by atomic mass is 9.81. The van der Waals surface area contributed by atoms with Crippen molar-refractivity contribution in [2.24, 2.45) is 11.8 Å². The van der Waals surface area contributed by atoms with Gasteiger partial charge < -0.3 is 4.57 Å². The van der Waals surface area contributed by atoms with Gasteiger partial charge in [-0.1, -0.05) is 23.7 Å². The maximum absolute atomic E-state index is 12.9. The van der Waals surface area contributed by atoms with E-state index in [0.29, 0.717) is 41.3 Å². The average molecular weight is 420 g/mol. The number of aromatic nitrogens is 4. The van der Waals surface area contributed by atoms with Gasteiger partial charge in [-0.05, 0) is 43.7 Å². The molecule has 0 amide bonds. The Morgan fingerprint density at radius 1 is 1.17 bits per heavy atom. The molecule has 29 heavy (non-hydrogen) atoms. The molecule has 1 aromatic carbocycles. The molecule has 150 valence electrons. The van der Waals surface area contributed by atoms with Crippen molar-refractivity contribution in [2.75, 3.05) is 0 Å². The van der Waals surface area contributed by atoms with E-state index in [1.165, 1.54) is 0 Å². The zero-order chi connectivity index (χ0) is 20.6. The van der Waals surface area contributed by atoms with E-state index in [2.05, 4.69) is 15.0 Å². The maximum atomic E-state index is 12.9. The first-order chi connectivity index (χ1) is 13.8. The van der Waals surface area contributed by atoms with Gasteiger partial charge in [-0.15, -0.1) is 0 Å². The molecule has 5 nitrogen and oxygen atoms in total. The Bertz CT molecular complexity index is 1080. The Hall–Kier alpha value is -2.66. The first-order valence-electron chi connectivity index (χ1n) is 9.31. The molecule has 1 aliphatic rings. The van der Waals surface area contributed by atoms with Gasteiger partial charge in [0.05, 0.1) is 12.2 Å². The van der Waals surface area contributed by atoms with Crippen molar-refractivity contribution in [2.45, 2.75) is 38.4 Å². The summed E-state index contributed by atoms with van der Waals surface area (Å²) in [6.07, 6.45) is -1.19. The van der Waals surface area contributed by atoms with Crippen molar-refractivity contribution in [3.05, 3.63) is 41.4 Å². The summed E-state index contributed by atoms with van der Waals surface area (Å²) in [7, 11) is 0. The van der Waals surface area contributed by atoms with E-state index >= 15 is 0 Å². The van der Waals surface area contributed by atoms with E-state index in [1.807, 2.05) is 16.7 Å². The van der Waals surface area contributed by atoms with Crippen LogP contribution in [0, 0.1) is 23.2 Å². The fourth-order valence-corrected chi connectivity index (χ4v) is 4.15. The molecule has 2 aromatic heterocycles. The zero-order valence-corrected chi connectivity index (χ0v) is 16.1. The molecule has 3 aromatic rings. The minimum atomic E-state index is -4.12. The number of rotatable bonds is 3. The van der Waals surface area contributed by atoms with Gasteiger partial charge >= 0.3 is 6.18 Å². The van der Waals surface area contributed by atoms with Crippen LogP contribution in [-0.2, 0) is 6.54 Å². The molecule has 0 bridgehead atoms. The molecule has 0 saturated heterocycles. The highest BCUT2D eigenvalue weighted by atomic mass is 35.5. The van der Waals surface area contributed by atoms with Crippen LogP contribution in [0.15, 0.2) is 30.6 Å². The molecule has 9 heteroatoms.